The van der Waals surface area contributed by atoms with E-state index in [0.29, 0.717) is 12.2 Å². The quantitative estimate of drug-likeness (QED) is 0.725. The number of aromatic nitrogens is 6. The summed E-state index contributed by atoms with van der Waals surface area (Å²) in [6, 6.07) is 7.54. The summed E-state index contributed by atoms with van der Waals surface area (Å²) in [7, 11) is 0. The Morgan fingerprint density at radius 2 is 2.35 bits per heavy atom. The topological polar surface area (TPSA) is 101 Å². The molecule has 100 valence electrons. The van der Waals surface area contributed by atoms with E-state index in [9.17, 15) is 4.79 Å². The van der Waals surface area contributed by atoms with Gasteiger partial charge in [0.25, 0.3) is 11.7 Å². The number of nitrogens with zero attached hydrogens (tertiary/aromatic N) is 5. The van der Waals surface area contributed by atoms with Crippen LogP contribution in [-0.2, 0) is 6.54 Å². The highest BCUT2D eigenvalue weighted by molar-refractivity contribution is 6.01. The molecular weight excluding hydrogens is 258 g/mol. The zero-order valence-corrected chi connectivity index (χ0v) is 10.4. The number of rotatable bonds is 4. The van der Waals surface area contributed by atoms with Gasteiger partial charge in [0.2, 0.25) is 0 Å². The van der Waals surface area contributed by atoms with Crippen molar-refractivity contribution in [2.45, 2.75) is 6.54 Å². The van der Waals surface area contributed by atoms with Gasteiger partial charge in [-0.05, 0) is 22.9 Å². The summed E-state index contributed by atoms with van der Waals surface area (Å²) in [6.07, 6.45) is 5.34. The lowest BCUT2D eigenvalue weighted by atomic mass is 10.2. The summed E-state index contributed by atoms with van der Waals surface area (Å²) in [4.78, 5) is 15.8. The van der Waals surface area contributed by atoms with E-state index in [0.717, 1.165) is 5.56 Å². The minimum Gasteiger partial charge on any atom is -0.333 e. The largest absolute Gasteiger partial charge is 0.333 e. The second-order valence-electron chi connectivity index (χ2n) is 4.12. The minimum atomic E-state index is -0.404. The summed E-state index contributed by atoms with van der Waals surface area (Å²) in [5, 5.41) is 15.5. The van der Waals surface area contributed by atoms with Crippen LogP contribution in [0.15, 0.2) is 43.0 Å². The van der Waals surface area contributed by atoms with Crippen molar-refractivity contribution in [3.05, 3.63) is 54.4 Å². The molecule has 0 aliphatic rings. The first-order valence-corrected chi connectivity index (χ1v) is 5.91. The molecule has 0 saturated carbocycles. The van der Waals surface area contributed by atoms with Crippen LogP contribution < -0.4 is 5.32 Å². The summed E-state index contributed by atoms with van der Waals surface area (Å²) in [5.41, 5.74) is 1.73. The molecule has 8 nitrogen and oxygen atoms in total. The summed E-state index contributed by atoms with van der Waals surface area (Å²) in [6.45, 7) is 0.686. The lowest BCUT2D eigenvalue weighted by molar-refractivity contribution is 0.101. The molecule has 2 heterocycles. The van der Waals surface area contributed by atoms with E-state index in [1.165, 1.54) is 0 Å². The van der Waals surface area contributed by atoms with Crippen molar-refractivity contribution in [1.29, 1.82) is 0 Å². The lowest BCUT2D eigenvalue weighted by Crippen LogP contribution is -2.14. The smallest absolute Gasteiger partial charge is 0.297 e. The maximum absolute atomic E-state index is 11.8. The molecule has 3 aromatic rings. The van der Waals surface area contributed by atoms with E-state index in [1.807, 2.05) is 29.0 Å². The minimum absolute atomic E-state index is 0.00464. The maximum Gasteiger partial charge on any atom is 0.297 e. The molecule has 0 saturated heterocycles. The Kier molecular flexibility index (Phi) is 3.19. The maximum atomic E-state index is 11.8. The van der Waals surface area contributed by atoms with Gasteiger partial charge in [-0.25, -0.2) is 4.98 Å². The Morgan fingerprint density at radius 3 is 3.10 bits per heavy atom. The molecule has 0 fully saturated rings. The van der Waals surface area contributed by atoms with Gasteiger partial charge in [0.1, 0.15) is 0 Å². The van der Waals surface area contributed by atoms with Crippen molar-refractivity contribution in [2.24, 2.45) is 0 Å². The molecule has 0 aliphatic carbocycles. The van der Waals surface area contributed by atoms with Crippen LogP contribution in [-0.4, -0.2) is 36.1 Å². The second kappa shape index (κ2) is 5.31. The summed E-state index contributed by atoms with van der Waals surface area (Å²) in [5.74, 6) is -0.399. The van der Waals surface area contributed by atoms with Crippen LogP contribution >= 0.6 is 0 Å². The zero-order chi connectivity index (χ0) is 13.8. The molecule has 0 bridgehead atoms. The average Bonchev–Trinajstić information content (AvgIpc) is 3.12. The molecule has 3 rings (SSSR count). The first-order chi connectivity index (χ1) is 9.81. The number of hydrogen-bond acceptors (Lipinski definition) is 5. The predicted octanol–water partition coefficient (Wildman–Crippen LogP) is 0.697. The average molecular weight is 269 g/mol. The number of benzene rings is 1. The predicted molar refractivity (Wildman–Crippen MR) is 69.9 cm³/mol. The fourth-order valence-electron chi connectivity index (χ4n) is 1.78. The van der Waals surface area contributed by atoms with Gasteiger partial charge in [-0.15, -0.1) is 10.2 Å². The van der Waals surface area contributed by atoms with Crippen molar-refractivity contribution in [1.82, 2.24) is 30.2 Å². The molecule has 0 spiro atoms. The van der Waals surface area contributed by atoms with Gasteiger partial charge in [-0.1, -0.05) is 12.1 Å². The highest BCUT2D eigenvalue weighted by Gasteiger charge is 2.10. The van der Waals surface area contributed by atoms with E-state index in [-0.39, 0.29) is 5.82 Å². The number of nitrogens with one attached hydrogen (secondary N) is 2. The van der Waals surface area contributed by atoms with Gasteiger partial charge in [-0.2, -0.15) is 5.21 Å². The van der Waals surface area contributed by atoms with Crippen LogP contribution in [0.25, 0.3) is 0 Å². The Balaban J connectivity index is 1.73. The van der Waals surface area contributed by atoms with Crippen molar-refractivity contribution < 1.29 is 4.79 Å². The molecule has 2 aromatic heterocycles. The van der Waals surface area contributed by atoms with Crippen molar-refractivity contribution in [3.8, 4) is 0 Å². The third-order valence-corrected chi connectivity index (χ3v) is 2.66. The Hall–Kier alpha value is -3.03. The molecule has 0 atom stereocenters. The molecule has 0 aliphatic heterocycles. The molecule has 0 radical (unpaired) electrons. The van der Waals surface area contributed by atoms with Crippen LogP contribution in [0, 0.1) is 0 Å². The fraction of sp³-hybridized carbons (Fsp3) is 0.0833. The number of hydrogen-bond donors (Lipinski definition) is 2. The van der Waals surface area contributed by atoms with E-state index >= 15 is 0 Å². The number of carbonyl (C=O) groups excluding carboxylic acids is 1. The molecule has 8 heteroatoms. The fourth-order valence-corrected chi connectivity index (χ4v) is 1.78. The van der Waals surface area contributed by atoms with Crippen LogP contribution in [0.1, 0.15) is 16.2 Å². The first kappa shape index (κ1) is 12.0. The van der Waals surface area contributed by atoms with Gasteiger partial charge in [0.05, 0.1) is 6.33 Å². The van der Waals surface area contributed by atoms with Crippen LogP contribution in [0.2, 0.25) is 0 Å². The van der Waals surface area contributed by atoms with Crippen molar-refractivity contribution in [3.63, 3.8) is 0 Å². The van der Waals surface area contributed by atoms with E-state index < -0.39 is 5.91 Å². The highest BCUT2D eigenvalue weighted by atomic mass is 16.2. The first-order valence-electron chi connectivity index (χ1n) is 5.91. The number of aromatic amines is 1. The SMILES string of the molecule is O=C(Nc1cccc(Cn2ccnc2)c1)c1nn[nH]n1. The van der Waals surface area contributed by atoms with Crippen LogP contribution in [0.3, 0.4) is 0 Å². The van der Waals surface area contributed by atoms with E-state index in [4.69, 9.17) is 0 Å². The van der Waals surface area contributed by atoms with Gasteiger partial charge in [0, 0.05) is 24.6 Å². The summed E-state index contributed by atoms with van der Waals surface area (Å²) < 4.78 is 1.94. The third kappa shape index (κ3) is 2.69. The Labute approximate surface area is 113 Å². The lowest BCUT2D eigenvalue weighted by Gasteiger charge is -2.06. The Morgan fingerprint density at radius 1 is 1.40 bits per heavy atom. The highest BCUT2D eigenvalue weighted by Crippen LogP contribution is 2.12. The zero-order valence-electron chi connectivity index (χ0n) is 10.4. The third-order valence-electron chi connectivity index (χ3n) is 2.66. The standard InChI is InChI=1S/C12H11N7O/c20-12(11-15-17-18-16-11)14-10-3-1-2-9(6-10)7-19-5-4-13-8-19/h1-6,8H,7H2,(H,14,20)(H,15,16,17,18). The normalized spacial score (nSPS) is 10.4. The van der Waals surface area contributed by atoms with Crippen molar-refractivity contribution >= 4 is 11.6 Å². The number of carbonyl (C=O) groups is 1. The van der Waals surface area contributed by atoms with Gasteiger partial charge >= 0.3 is 0 Å². The molecule has 1 amide bonds. The summed E-state index contributed by atoms with van der Waals surface area (Å²) >= 11 is 0. The number of imidazole rings is 1. The van der Waals surface area contributed by atoms with Gasteiger partial charge in [0.15, 0.2) is 0 Å². The number of anilines is 1. The molecule has 20 heavy (non-hydrogen) atoms. The number of amides is 1. The monoisotopic (exact) mass is 269 g/mol. The number of H-pyrrole nitrogens is 1. The van der Waals surface area contributed by atoms with Crippen molar-refractivity contribution in [2.75, 3.05) is 5.32 Å². The van der Waals surface area contributed by atoms with Crippen LogP contribution in [0.4, 0.5) is 5.69 Å². The van der Waals surface area contributed by atoms with E-state index in [2.05, 4.69) is 30.9 Å². The molecule has 2 N–H and O–H groups in total. The van der Waals surface area contributed by atoms with Crippen LogP contribution in [0.5, 0.6) is 0 Å². The second-order valence-corrected chi connectivity index (χ2v) is 4.12. The molecular formula is C12H11N7O. The molecule has 1 aromatic carbocycles. The van der Waals surface area contributed by atoms with Gasteiger partial charge < -0.3 is 9.88 Å². The Bertz CT molecular complexity index is 690. The number of tetrazole rings is 1. The van der Waals surface area contributed by atoms with E-state index in [1.54, 1.807) is 18.6 Å². The van der Waals surface area contributed by atoms with Gasteiger partial charge in [-0.3, -0.25) is 4.79 Å². The molecule has 0 unspecified atom stereocenters.